The molecule has 1 spiro atoms. The van der Waals surface area contributed by atoms with Gasteiger partial charge in [0.2, 0.25) is 6.04 Å². The van der Waals surface area contributed by atoms with Gasteiger partial charge < -0.3 is 14.3 Å². The average molecular weight is 328 g/mol. The lowest BCUT2D eigenvalue weighted by atomic mass is 9.75. The van der Waals surface area contributed by atoms with Gasteiger partial charge >= 0.3 is 0 Å². The van der Waals surface area contributed by atoms with Crippen molar-refractivity contribution in [1.82, 2.24) is 0 Å². The Balaban J connectivity index is 1.73. The van der Waals surface area contributed by atoms with Crippen molar-refractivity contribution in [2.24, 2.45) is 5.92 Å². The first-order chi connectivity index (χ1) is 9.04. The summed E-state index contributed by atoms with van der Waals surface area (Å²) in [6, 6.07) is 0.0679. The maximum absolute atomic E-state index is 7.11. The first-order valence-corrected chi connectivity index (χ1v) is 8.29. The third-order valence-corrected chi connectivity index (χ3v) is 6.30. The molecule has 0 radical (unpaired) electrons. The monoisotopic (exact) mass is 327 g/mol. The standard InChI is InChI=1S/C15H22BrNO2/c1-9(17-3)6-11-4-5-14-15(19-11)7-12(16)10(2)13(8-15)18-14/h9-14H,4-8H2,1-2H3/t9-,10?,11-,12+,13-,14+,15+/m1/s1. The summed E-state index contributed by atoms with van der Waals surface area (Å²) in [5, 5.41) is 0. The Bertz CT molecular complexity index is 396. The van der Waals surface area contributed by atoms with Crippen LogP contribution in [0.2, 0.25) is 0 Å². The Morgan fingerprint density at radius 3 is 2.95 bits per heavy atom. The van der Waals surface area contributed by atoms with Gasteiger partial charge in [0.05, 0.1) is 23.9 Å². The number of hydrogen-bond acceptors (Lipinski definition) is 2. The highest BCUT2D eigenvalue weighted by Gasteiger charge is 2.58. The molecule has 2 bridgehead atoms. The highest BCUT2D eigenvalue weighted by molar-refractivity contribution is 9.09. The van der Waals surface area contributed by atoms with Crippen LogP contribution in [0.3, 0.4) is 0 Å². The van der Waals surface area contributed by atoms with E-state index >= 15 is 0 Å². The third kappa shape index (κ3) is 2.34. The van der Waals surface area contributed by atoms with Crippen molar-refractivity contribution in [3.63, 3.8) is 0 Å². The summed E-state index contributed by atoms with van der Waals surface area (Å²) < 4.78 is 12.7. The van der Waals surface area contributed by atoms with Gasteiger partial charge in [0, 0.05) is 24.6 Å². The zero-order valence-electron chi connectivity index (χ0n) is 11.6. The number of nitrogens with zero attached hydrogens (tertiary/aromatic N) is 1. The van der Waals surface area contributed by atoms with Crippen molar-refractivity contribution >= 4 is 15.9 Å². The van der Waals surface area contributed by atoms with E-state index in [0.29, 0.717) is 16.8 Å². The van der Waals surface area contributed by atoms with Crippen molar-refractivity contribution in [1.29, 1.82) is 0 Å². The van der Waals surface area contributed by atoms with Crippen LogP contribution in [0.25, 0.3) is 4.85 Å². The fourth-order valence-electron chi connectivity index (χ4n) is 3.96. The third-order valence-electron chi connectivity index (χ3n) is 5.15. The molecule has 2 aliphatic heterocycles. The number of rotatable bonds is 2. The number of halogens is 1. The molecule has 1 saturated carbocycles. The van der Waals surface area contributed by atoms with E-state index in [2.05, 4.69) is 27.7 Å². The molecule has 4 heteroatoms. The second-order valence-corrected chi connectivity index (χ2v) is 7.72. The summed E-state index contributed by atoms with van der Waals surface area (Å²) in [5.41, 5.74) is -0.0734. The Labute approximate surface area is 124 Å². The molecule has 2 saturated heterocycles. The molecule has 0 N–H and O–H groups in total. The lowest BCUT2D eigenvalue weighted by Crippen LogP contribution is -2.52. The quantitative estimate of drug-likeness (QED) is 0.571. The van der Waals surface area contributed by atoms with Crippen LogP contribution in [-0.4, -0.2) is 34.8 Å². The SMILES string of the molecule is [C-]#[N+][C@H](C)C[C@H]1CC[C@@H]2O[C@@H]3C[C@]2(C[C@H](Br)C3C)O1. The smallest absolute Gasteiger partial charge is 0.223 e. The molecular formula is C15H22BrNO2. The molecule has 3 rings (SSSR count). The predicted octanol–water partition coefficient (Wildman–Crippen LogP) is 3.56. The Morgan fingerprint density at radius 1 is 1.42 bits per heavy atom. The Hall–Kier alpha value is -0.110. The van der Waals surface area contributed by atoms with Gasteiger partial charge in [-0.2, -0.15) is 0 Å². The fraction of sp³-hybridized carbons (Fsp3) is 0.933. The molecular weight excluding hydrogens is 306 g/mol. The summed E-state index contributed by atoms with van der Waals surface area (Å²) in [6.07, 6.45) is 5.98. The largest absolute Gasteiger partial charge is 0.372 e. The molecule has 106 valence electrons. The minimum atomic E-state index is -0.0734. The second kappa shape index (κ2) is 5.02. The molecule has 0 aromatic carbocycles. The van der Waals surface area contributed by atoms with Crippen molar-refractivity contribution in [2.75, 3.05) is 0 Å². The summed E-state index contributed by atoms with van der Waals surface area (Å²) in [6.45, 7) is 11.4. The van der Waals surface area contributed by atoms with E-state index in [-0.39, 0.29) is 23.9 Å². The molecule has 3 nitrogen and oxygen atoms in total. The van der Waals surface area contributed by atoms with Crippen LogP contribution in [0.15, 0.2) is 0 Å². The van der Waals surface area contributed by atoms with E-state index < -0.39 is 0 Å². The van der Waals surface area contributed by atoms with Gasteiger partial charge in [0.1, 0.15) is 0 Å². The van der Waals surface area contributed by atoms with Crippen LogP contribution in [0, 0.1) is 12.5 Å². The first kappa shape index (κ1) is 13.9. The molecule has 7 atom stereocenters. The van der Waals surface area contributed by atoms with Crippen LogP contribution in [0.1, 0.15) is 46.0 Å². The summed E-state index contributed by atoms with van der Waals surface area (Å²) in [7, 11) is 0. The normalized spacial score (nSPS) is 50.3. The van der Waals surface area contributed by atoms with Crippen molar-refractivity contribution in [3.8, 4) is 0 Å². The van der Waals surface area contributed by atoms with Gasteiger partial charge in [-0.3, -0.25) is 0 Å². The van der Waals surface area contributed by atoms with E-state index in [4.69, 9.17) is 16.0 Å². The topological polar surface area (TPSA) is 22.8 Å². The number of alkyl halides is 1. The molecule has 3 fully saturated rings. The summed E-state index contributed by atoms with van der Waals surface area (Å²) in [4.78, 5) is 4.10. The first-order valence-electron chi connectivity index (χ1n) is 7.38. The van der Waals surface area contributed by atoms with Crippen LogP contribution >= 0.6 is 15.9 Å². The van der Waals surface area contributed by atoms with E-state index in [9.17, 15) is 0 Å². The van der Waals surface area contributed by atoms with Crippen LogP contribution in [0.5, 0.6) is 0 Å². The molecule has 0 aromatic heterocycles. The lowest BCUT2D eigenvalue weighted by Gasteiger charge is -2.44. The maximum atomic E-state index is 7.11. The Morgan fingerprint density at radius 2 is 2.21 bits per heavy atom. The highest BCUT2D eigenvalue weighted by atomic mass is 79.9. The zero-order valence-corrected chi connectivity index (χ0v) is 13.2. The molecule has 3 aliphatic rings. The van der Waals surface area contributed by atoms with E-state index in [0.717, 1.165) is 32.1 Å². The molecule has 0 amide bonds. The van der Waals surface area contributed by atoms with Crippen LogP contribution < -0.4 is 0 Å². The number of hydrogen-bond donors (Lipinski definition) is 0. The molecule has 2 heterocycles. The Kier molecular flexibility index (Phi) is 3.66. The summed E-state index contributed by atoms with van der Waals surface area (Å²) in [5.74, 6) is 0.570. The minimum absolute atomic E-state index is 0.0679. The van der Waals surface area contributed by atoms with Crippen molar-refractivity contribution < 1.29 is 9.47 Å². The van der Waals surface area contributed by atoms with Gasteiger partial charge in [-0.15, -0.1) is 0 Å². The predicted molar refractivity (Wildman–Crippen MR) is 77.3 cm³/mol. The van der Waals surface area contributed by atoms with Crippen molar-refractivity contribution in [2.45, 2.75) is 80.7 Å². The van der Waals surface area contributed by atoms with E-state index in [1.54, 1.807) is 0 Å². The molecule has 1 aliphatic carbocycles. The van der Waals surface area contributed by atoms with Gasteiger partial charge in [-0.1, -0.05) is 22.9 Å². The van der Waals surface area contributed by atoms with Gasteiger partial charge in [-0.05, 0) is 25.2 Å². The maximum Gasteiger partial charge on any atom is 0.223 e. The number of ether oxygens (including phenoxy) is 2. The van der Waals surface area contributed by atoms with Crippen LogP contribution in [-0.2, 0) is 9.47 Å². The van der Waals surface area contributed by atoms with E-state index in [1.165, 1.54) is 0 Å². The summed E-state index contributed by atoms with van der Waals surface area (Å²) >= 11 is 3.81. The molecule has 19 heavy (non-hydrogen) atoms. The van der Waals surface area contributed by atoms with Crippen molar-refractivity contribution in [3.05, 3.63) is 11.4 Å². The minimum Gasteiger partial charge on any atom is -0.372 e. The van der Waals surface area contributed by atoms with E-state index in [1.807, 2.05) is 6.92 Å². The second-order valence-electron chi connectivity index (χ2n) is 6.54. The fourth-order valence-corrected chi connectivity index (χ4v) is 4.85. The van der Waals surface area contributed by atoms with Crippen LogP contribution in [0.4, 0.5) is 0 Å². The molecule has 0 aromatic rings. The van der Waals surface area contributed by atoms with Gasteiger partial charge in [0.15, 0.2) is 0 Å². The highest BCUT2D eigenvalue weighted by Crippen LogP contribution is 2.52. The zero-order chi connectivity index (χ0) is 13.6. The molecule has 1 unspecified atom stereocenters. The average Bonchev–Trinajstić information content (AvgIpc) is 2.70. The lowest BCUT2D eigenvalue weighted by molar-refractivity contribution is -0.166. The van der Waals surface area contributed by atoms with Gasteiger partial charge in [-0.25, -0.2) is 6.57 Å². The number of fused-ring (bicyclic) bond motifs is 1. The van der Waals surface area contributed by atoms with Gasteiger partial charge in [0.25, 0.3) is 0 Å².